The molecule has 12 heavy (non-hydrogen) atoms. The molecule has 0 saturated carbocycles. The summed E-state index contributed by atoms with van der Waals surface area (Å²) in [5.41, 5.74) is 0. The fourth-order valence-corrected chi connectivity index (χ4v) is 1.59. The molecule has 0 aromatic carbocycles. The summed E-state index contributed by atoms with van der Waals surface area (Å²) in [4.78, 5) is 0. The van der Waals surface area contributed by atoms with Crippen molar-refractivity contribution in [1.82, 2.24) is 0 Å². The zero-order chi connectivity index (χ0) is 9.56. The van der Waals surface area contributed by atoms with E-state index in [9.17, 15) is 0 Å². The molecule has 0 bridgehead atoms. The smallest absolute Gasteiger partial charge is 0.0658 e. The van der Waals surface area contributed by atoms with Crippen LogP contribution in [-0.4, -0.2) is 0 Å². The predicted octanol–water partition coefficient (Wildman–Crippen LogP) is 3.61. The third-order valence-electron chi connectivity index (χ3n) is 2.76. The first-order chi connectivity index (χ1) is 5.65. The maximum absolute atomic E-state index is 8.83. The van der Waals surface area contributed by atoms with E-state index in [1.54, 1.807) is 0 Å². The highest BCUT2D eigenvalue weighted by Gasteiger charge is 2.16. The molecule has 70 valence electrons. The normalized spacial score (nSPS) is 17.9. The Kier molecular flexibility index (Phi) is 5.80. The van der Waals surface area contributed by atoms with Gasteiger partial charge in [-0.1, -0.05) is 34.1 Å². The second-order valence-electron chi connectivity index (χ2n) is 3.87. The lowest BCUT2D eigenvalue weighted by Gasteiger charge is -2.19. The first kappa shape index (κ1) is 11.5. The summed E-state index contributed by atoms with van der Waals surface area (Å²) in [6.45, 7) is 8.77. The molecule has 1 heteroatoms. The van der Waals surface area contributed by atoms with Crippen LogP contribution in [0.4, 0.5) is 0 Å². The number of hydrogen-bond acceptors (Lipinski definition) is 1. The zero-order valence-corrected chi connectivity index (χ0v) is 8.80. The molecule has 0 aliphatic heterocycles. The predicted molar refractivity (Wildman–Crippen MR) is 52.6 cm³/mol. The van der Waals surface area contributed by atoms with E-state index in [-0.39, 0.29) is 5.92 Å². The van der Waals surface area contributed by atoms with Crippen LogP contribution in [0.15, 0.2) is 0 Å². The first-order valence-electron chi connectivity index (χ1n) is 5.05. The van der Waals surface area contributed by atoms with Crippen molar-refractivity contribution in [3.63, 3.8) is 0 Å². The summed E-state index contributed by atoms with van der Waals surface area (Å²) in [6, 6.07) is 2.38. The summed E-state index contributed by atoms with van der Waals surface area (Å²) >= 11 is 0. The lowest BCUT2D eigenvalue weighted by molar-refractivity contribution is 0.333. The Bertz CT molecular complexity index is 146. The van der Waals surface area contributed by atoms with E-state index in [1.165, 1.54) is 12.8 Å². The molecule has 0 spiro atoms. The molecule has 0 aromatic heterocycles. The van der Waals surface area contributed by atoms with Gasteiger partial charge in [-0.3, -0.25) is 0 Å². The van der Waals surface area contributed by atoms with Crippen molar-refractivity contribution in [3.8, 4) is 6.07 Å². The van der Waals surface area contributed by atoms with E-state index < -0.39 is 0 Å². The van der Waals surface area contributed by atoms with Gasteiger partial charge in [-0.25, -0.2) is 0 Å². The van der Waals surface area contributed by atoms with Crippen molar-refractivity contribution in [2.24, 2.45) is 17.8 Å². The standard InChI is InChI=1S/C11H21N/c1-5-9(3)7-10(4)11(6-2)8-12/h9-11H,5-7H2,1-4H3. The van der Waals surface area contributed by atoms with E-state index in [0.29, 0.717) is 5.92 Å². The number of nitrogens with zero attached hydrogens (tertiary/aromatic N) is 1. The molecule has 0 fully saturated rings. The van der Waals surface area contributed by atoms with Crippen LogP contribution < -0.4 is 0 Å². The van der Waals surface area contributed by atoms with Crippen LogP contribution in [0.25, 0.3) is 0 Å². The van der Waals surface area contributed by atoms with Crippen LogP contribution in [0.3, 0.4) is 0 Å². The fraction of sp³-hybridized carbons (Fsp3) is 0.909. The number of rotatable bonds is 5. The maximum Gasteiger partial charge on any atom is 0.0658 e. The molecule has 0 rings (SSSR count). The summed E-state index contributed by atoms with van der Waals surface area (Å²) in [6.07, 6.45) is 3.42. The van der Waals surface area contributed by atoms with Gasteiger partial charge in [-0.2, -0.15) is 5.26 Å². The molecule has 3 unspecified atom stereocenters. The minimum absolute atomic E-state index is 0.263. The van der Waals surface area contributed by atoms with Gasteiger partial charge in [0, 0.05) is 5.92 Å². The van der Waals surface area contributed by atoms with Crippen LogP contribution in [0.1, 0.15) is 47.0 Å². The number of nitriles is 1. The molecule has 0 radical (unpaired) electrons. The lowest BCUT2D eigenvalue weighted by Crippen LogP contribution is -2.12. The quantitative estimate of drug-likeness (QED) is 0.613. The van der Waals surface area contributed by atoms with Crippen molar-refractivity contribution >= 4 is 0 Å². The van der Waals surface area contributed by atoms with E-state index >= 15 is 0 Å². The van der Waals surface area contributed by atoms with Crippen LogP contribution in [0.2, 0.25) is 0 Å². The van der Waals surface area contributed by atoms with E-state index in [1.807, 2.05) is 0 Å². The van der Waals surface area contributed by atoms with E-state index in [4.69, 9.17) is 5.26 Å². The van der Waals surface area contributed by atoms with Gasteiger partial charge in [0.25, 0.3) is 0 Å². The molecule has 0 N–H and O–H groups in total. The molecule has 1 nitrogen and oxygen atoms in total. The third-order valence-corrected chi connectivity index (χ3v) is 2.76. The molecular weight excluding hydrogens is 146 g/mol. The minimum atomic E-state index is 0.263. The number of hydrogen-bond donors (Lipinski definition) is 0. The largest absolute Gasteiger partial charge is 0.198 e. The molecule has 0 aromatic rings. The summed E-state index contributed by atoms with van der Waals surface area (Å²) in [7, 11) is 0. The second kappa shape index (κ2) is 6.06. The molecular formula is C11H21N. The zero-order valence-electron chi connectivity index (χ0n) is 8.80. The van der Waals surface area contributed by atoms with Crippen molar-refractivity contribution in [1.29, 1.82) is 5.26 Å². The molecule has 0 aliphatic rings. The molecule has 0 amide bonds. The van der Waals surface area contributed by atoms with Gasteiger partial charge in [-0.05, 0) is 24.7 Å². The maximum atomic E-state index is 8.83. The highest BCUT2D eigenvalue weighted by atomic mass is 14.3. The Morgan fingerprint density at radius 2 is 1.75 bits per heavy atom. The van der Waals surface area contributed by atoms with E-state index in [2.05, 4.69) is 33.8 Å². The van der Waals surface area contributed by atoms with Crippen molar-refractivity contribution < 1.29 is 0 Å². The van der Waals surface area contributed by atoms with Gasteiger partial charge >= 0.3 is 0 Å². The average molecular weight is 167 g/mol. The first-order valence-corrected chi connectivity index (χ1v) is 5.05. The summed E-state index contributed by atoms with van der Waals surface area (Å²) in [5.74, 6) is 1.59. The Morgan fingerprint density at radius 3 is 2.08 bits per heavy atom. The van der Waals surface area contributed by atoms with Crippen LogP contribution in [-0.2, 0) is 0 Å². The summed E-state index contributed by atoms with van der Waals surface area (Å²) < 4.78 is 0. The fourth-order valence-electron chi connectivity index (χ4n) is 1.59. The topological polar surface area (TPSA) is 23.8 Å². The van der Waals surface area contributed by atoms with Gasteiger partial charge in [0.2, 0.25) is 0 Å². The Balaban J connectivity index is 3.85. The van der Waals surface area contributed by atoms with Gasteiger partial charge in [0.15, 0.2) is 0 Å². The van der Waals surface area contributed by atoms with Crippen LogP contribution in [0.5, 0.6) is 0 Å². The van der Waals surface area contributed by atoms with Crippen LogP contribution >= 0.6 is 0 Å². The van der Waals surface area contributed by atoms with Crippen LogP contribution in [0, 0.1) is 29.1 Å². The lowest BCUT2D eigenvalue weighted by atomic mass is 9.85. The van der Waals surface area contributed by atoms with Crippen molar-refractivity contribution in [2.75, 3.05) is 0 Å². The highest BCUT2D eigenvalue weighted by Crippen LogP contribution is 2.23. The monoisotopic (exact) mass is 167 g/mol. The molecule has 0 saturated heterocycles. The second-order valence-corrected chi connectivity index (χ2v) is 3.87. The van der Waals surface area contributed by atoms with E-state index in [0.717, 1.165) is 12.3 Å². The molecule has 3 atom stereocenters. The minimum Gasteiger partial charge on any atom is -0.198 e. The van der Waals surface area contributed by atoms with Crippen molar-refractivity contribution in [3.05, 3.63) is 0 Å². The van der Waals surface area contributed by atoms with Gasteiger partial charge < -0.3 is 0 Å². The van der Waals surface area contributed by atoms with Gasteiger partial charge in [0.05, 0.1) is 6.07 Å². The molecule has 0 aliphatic carbocycles. The highest BCUT2D eigenvalue weighted by molar-refractivity contribution is 4.85. The third kappa shape index (κ3) is 3.76. The summed E-state index contributed by atoms with van der Waals surface area (Å²) in [5, 5.41) is 8.83. The molecule has 0 heterocycles. The van der Waals surface area contributed by atoms with Crippen molar-refractivity contribution in [2.45, 2.75) is 47.0 Å². The van der Waals surface area contributed by atoms with Gasteiger partial charge in [-0.15, -0.1) is 0 Å². The SMILES string of the molecule is CCC(C)CC(C)C(C#N)CC. The Morgan fingerprint density at radius 1 is 1.17 bits per heavy atom. The average Bonchev–Trinajstić information content (AvgIpc) is 2.06. The Labute approximate surface area is 76.8 Å². The Hall–Kier alpha value is -0.510. The van der Waals surface area contributed by atoms with Gasteiger partial charge in [0.1, 0.15) is 0 Å².